The lowest BCUT2D eigenvalue weighted by atomic mass is 9.86. The van der Waals surface area contributed by atoms with Crippen LogP contribution in [0.4, 0.5) is 0 Å². The lowest BCUT2D eigenvalue weighted by Crippen LogP contribution is -2.55. The van der Waals surface area contributed by atoms with Gasteiger partial charge in [0.2, 0.25) is 5.91 Å². The Morgan fingerprint density at radius 1 is 1.12 bits per heavy atom. The zero-order valence-corrected chi connectivity index (χ0v) is 15.5. The molecule has 1 amide bonds. The first-order chi connectivity index (χ1) is 11.1. The minimum atomic E-state index is -0.299. The largest absolute Gasteiger partial charge is 0.377 e. The number of Topliss-reactive ketones (excluding diaryl/α,β-unsaturated/α-hetero) is 1. The summed E-state index contributed by atoms with van der Waals surface area (Å²) in [6.07, 6.45) is 0.504. The first-order valence-electron chi connectivity index (χ1n) is 8.63. The molecule has 0 bridgehead atoms. The van der Waals surface area contributed by atoms with Gasteiger partial charge in [-0.25, -0.2) is 0 Å². The Bertz CT molecular complexity index is 596. The van der Waals surface area contributed by atoms with Gasteiger partial charge in [0.15, 0.2) is 5.78 Å². The monoisotopic (exact) mass is 331 g/mol. The highest BCUT2D eigenvalue weighted by atomic mass is 16.5. The van der Waals surface area contributed by atoms with Crippen LogP contribution in [0.1, 0.15) is 63.4 Å². The van der Waals surface area contributed by atoms with Crippen molar-refractivity contribution in [2.75, 3.05) is 19.8 Å². The second kappa shape index (κ2) is 7.06. The predicted octanol–water partition coefficient (Wildman–Crippen LogP) is 3.58. The van der Waals surface area contributed by atoms with Crippen LogP contribution in [0, 0.1) is 0 Å². The van der Waals surface area contributed by atoms with Gasteiger partial charge in [-0.15, -0.1) is 0 Å². The van der Waals surface area contributed by atoms with Crippen LogP contribution in [-0.2, 0) is 14.9 Å². The molecule has 1 heterocycles. The van der Waals surface area contributed by atoms with Gasteiger partial charge >= 0.3 is 0 Å². The molecule has 0 aromatic heterocycles. The number of hydrogen-bond donors (Lipinski definition) is 0. The number of hydrogen-bond acceptors (Lipinski definition) is 3. The zero-order valence-electron chi connectivity index (χ0n) is 15.5. The second-order valence-corrected chi connectivity index (χ2v) is 8.16. The zero-order chi connectivity index (χ0) is 18.0. The third-order valence-electron chi connectivity index (χ3n) is 4.59. The molecule has 0 radical (unpaired) electrons. The topological polar surface area (TPSA) is 46.6 Å². The minimum Gasteiger partial charge on any atom is -0.377 e. The van der Waals surface area contributed by atoms with Gasteiger partial charge in [0.25, 0.3) is 0 Å². The molecule has 1 aromatic carbocycles. The first-order valence-corrected chi connectivity index (χ1v) is 8.63. The highest BCUT2D eigenvalue weighted by Crippen LogP contribution is 2.23. The Balaban J connectivity index is 1.94. The quantitative estimate of drug-likeness (QED) is 0.792. The molecule has 4 nitrogen and oxygen atoms in total. The van der Waals surface area contributed by atoms with Crippen molar-refractivity contribution in [3.05, 3.63) is 35.4 Å². The molecule has 4 heteroatoms. The van der Waals surface area contributed by atoms with Crippen LogP contribution >= 0.6 is 0 Å². The Morgan fingerprint density at radius 2 is 1.75 bits per heavy atom. The van der Waals surface area contributed by atoms with Gasteiger partial charge in [0.05, 0.1) is 18.8 Å². The fraction of sp³-hybridized carbons (Fsp3) is 0.600. The van der Waals surface area contributed by atoms with E-state index in [0.29, 0.717) is 25.3 Å². The van der Waals surface area contributed by atoms with Gasteiger partial charge in [-0.1, -0.05) is 45.0 Å². The minimum absolute atomic E-state index is 0.0230. The van der Waals surface area contributed by atoms with E-state index in [2.05, 4.69) is 20.8 Å². The van der Waals surface area contributed by atoms with E-state index in [-0.39, 0.29) is 35.5 Å². The normalized spacial score (nSPS) is 17.6. The number of ether oxygens (including phenoxy) is 1. The van der Waals surface area contributed by atoms with Gasteiger partial charge in [-0.2, -0.15) is 0 Å². The van der Waals surface area contributed by atoms with Crippen molar-refractivity contribution in [2.45, 2.75) is 58.4 Å². The molecule has 132 valence electrons. The van der Waals surface area contributed by atoms with E-state index in [4.69, 9.17) is 4.74 Å². The van der Waals surface area contributed by atoms with E-state index in [1.165, 1.54) is 5.56 Å². The van der Waals surface area contributed by atoms with Crippen molar-refractivity contribution in [1.29, 1.82) is 0 Å². The maximum absolute atomic E-state index is 12.5. The summed E-state index contributed by atoms with van der Waals surface area (Å²) in [5, 5.41) is 0. The lowest BCUT2D eigenvalue weighted by molar-refractivity contribution is -0.146. The van der Waals surface area contributed by atoms with Gasteiger partial charge in [0, 0.05) is 24.9 Å². The third kappa shape index (κ3) is 4.44. The van der Waals surface area contributed by atoms with E-state index in [0.717, 1.165) is 0 Å². The summed E-state index contributed by atoms with van der Waals surface area (Å²) in [5.41, 5.74) is 1.65. The van der Waals surface area contributed by atoms with Crippen LogP contribution in [-0.4, -0.2) is 41.9 Å². The van der Waals surface area contributed by atoms with Crippen molar-refractivity contribution < 1.29 is 14.3 Å². The maximum Gasteiger partial charge on any atom is 0.223 e. The maximum atomic E-state index is 12.5. The fourth-order valence-electron chi connectivity index (χ4n) is 2.98. The van der Waals surface area contributed by atoms with Gasteiger partial charge in [-0.05, 0) is 24.8 Å². The number of rotatable bonds is 4. The van der Waals surface area contributed by atoms with Crippen molar-refractivity contribution in [3.8, 4) is 0 Å². The molecular formula is C20H29NO3. The van der Waals surface area contributed by atoms with Gasteiger partial charge in [0.1, 0.15) is 0 Å². The average molecular weight is 331 g/mol. The summed E-state index contributed by atoms with van der Waals surface area (Å²) in [7, 11) is 0. The molecule has 1 fully saturated rings. The van der Waals surface area contributed by atoms with Crippen molar-refractivity contribution in [2.24, 2.45) is 0 Å². The lowest BCUT2D eigenvalue weighted by Gasteiger charge is -2.42. The van der Waals surface area contributed by atoms with Crippen LogP contribution in [0.3, 0.4) is 0 Å². The van der Waals surface area contributed by atoms with Gasteiger partial charge < -0.3 is 9.64 Å². The SMILES string of the molecule is CC(C)(C)c1ccc(C(=O)CCC(=O)N2CCOCC2(C)C)cc1. The Hall–Kier alpha value is -1.68. The summed E-state index contributed by atoms with van der Waals surface area (Å²) >= 11 is 0. The Kier molecular flexibility index (Phi) is 5.49. The first kappa shape index (κ1) is 18.7. The van der Waals surface area contributed by atoms with E-state index >= 15 is 0 Å². The van der Waals surface area contributed by atoms with Crippen LogP contribution in [0.2, 0.25) is 0 Å². The van der Waals surface area contributed by atoms with Crippen molar-refractivity contribution >= 4 is 11.7 Å². The fourth-order valence-corrected chi connectivity index (χ4v) is 2.98. The number of nitrogens with zero attached hydrogens (tertiary/aromatic N) is 1. The summed E-state index contributed by atoms with van der Waals surface area (Å²) in [6, 6.07) is 7.73. The van der Waals surface area contributed by atoms with Gasteiger partial charge in [-0.3, -0.25) is 9.59 Å². The number of carbonyl (C=O) groups excluding carboxylic acids is 2. The standard InChI is InChI=1S/C20H29NO3/c1-19(2,3)16-8-6-15(7-9-16)17(22)10-11-18(23)21-12-13-24-14-20(21,4)5/h6-9H,10-14H2,1-5H3. The molecular weight excluding hydrogens is 302 g/mol. The molecule has 1 aliphatic heterocycles. The highest BCUT2D eigenvalue weighted by Gasteiger charge is 2.33. The number of ketones is 1. The third-order valence-corrected chi connectivity index (χ3v) is 4.59. The Morgan fingerprint density at radius 3 is 2.29 bits per heavy atom. The van der Waals surface area contributed by atoms with E-state index in [1.807, 2.05) is 43.0 Å². The van der Waals surface area contributed by atoms with E-state index in [1.54, 1.807) is 0 Å². The van der Waals surface area contributed by atoms with Crippen LogP contribution < -0.4 is 0 Å². The van der Waals surface area contributed by atoms with Crippen LogP contribution in [0.15, 0.2) is 24.3 Å². The molecule has 24 heavy (non-hydrogen) atoms. The van der Waals surface area contributed by atoms with Crippen molar-refractivity contribution in [3.63, 3.8) is 0 Å². The molecule has 0 N–H and O–H groups in total. The smallest absolute Gasteiger partial charge is 0.223 e. The number of amides is 1. The molecule has 1 aromatic rings. The molecule has 0 atom stereocenters. The molecule has 2 rings (SSSR count). The summed E-state index contributed by atoms with van der Waals surface area (Å²) in [6.45, 7) is 12.1. The number of benzene rings is 1. The molecule has 0 unspecified atom stereocenters. The predicted molar refractivity (Wildman–Crippen MR) is 95.3 cm³/mol. The highest BCUT2D eigenvalue weighted by molar-refractivity contribution is 5.98. The van der Waals surface area contributed by atoms with E-state index < -0.39 is 0 Å². The number of carbonyl (C=O) groups is 2. The Labute approximate surface area is 145 Å². The summed E-state index contributed by atoms with van der Waals surface area (Å²) in [4.78, 5) is 26.7. The average Bonchev–Trinajstić information content (AvgIpc) is 2.51. The van der Waals surface area contributed by atoms with Crippen molar-refractivity contribution in [1.82, 2.24) is 4.90 Å². The van der Waals surface area contributed by atoms with Crippen LogP contribution in [0.5, 0.6) is 0 Å². The molecule has 1 aliphatic rings. The molecule has 0 aliphatic carbocycles. The number of morpholine rings is 1. The molecule has 1 saturated heterocycles. The summed E-state index contributed by atoms with van der Waals surface area (Å²) < 4.78 is 5.44. The van der Waals surface area contributed by atoms with Crippen LogP contribution in [0.25, 0.3) is 0 Å². The summed E-state index contributed by atoms with van der Waals surface area (Å²) in [5.74, 6) is 0.0536. The molecule has 0 spiro atoms. The molecule has 0 saturated carbocycles. The second-order valence-electron chi connectivity index (χ2n) is 8.16. The van der Waals surface area contributed by atoms with E-state index in [9.17, 15) is 9.59 Å².